The molecule has 0 fully saturated rings. The Morgan fingerprint density at radius 3 is 2.21 bits per heavy atom. The van der Waals surface area contributed by atoms with Gasteiger partial charge in [-0.25, -0.2) is 9.67 Å². The molecule has 0 spiro atoms. The van der Waals surface area contributed by atoms with Crippen molar-refractivity contribution in [2.24, 2.45) is 0 Å². The van der Waals surface area contributed by atoms with E-state index in [-0.39, 0.29) is 5.43 Å². The summed E-state index contributed by atoms with van der Waals surface area (Å²) in [6.07, 6.45) is 7.30. The Kier molecular flexibility index (Phi) is 8.47. The van der Waals surface area contributed by atoms with Crippen molar-refractivity contribution in [2.75, 3.05) is 23.8 Å². The van der Waals surface area contributed by atoms with Crippen molar-refractivity contribution >= 4 is 21.6 Å². The maximum absolute atomic E-state index is 13.1. The highest BCUT2D eigenvalue weighted by Gasteiger charge is 2.18. The van der Waals surface area contributed by atoms with Crippen LogP contribution in [0, 0.1) is 0 Å². The molecule has 2 aromatic rings. The highest BCUT2D eigenvalue weighted by molar-refractivity contribution is 9.09. The Labute approximate surface area is 209 Å². The molecule has 0 saturated heterocycles. The van der Waals surface area contributed by atoms with Gasteiger partial charge in [0.05, 0.1) is 22.8 Å². The van der Waals surface area contributed by atoms with Gasteiger partial charge in [0.2, 0.25) is 5.43 Å². The van der Waals surface area contributed by atoms with Crippen LogP contribution >= 0.6 is 15.9 Å². The minimum atomic E-state index is -0.00642. The van der Waals surface area contributed by atoms with Crippen LogP contribution in [0.4, 0.5) is 5.69 Å². The van der Waals surface area contributed by atoms with Gasteiger partial charge in [-0.1, -0.05) is 90.1 Å². The first kappa shape index (κ1) is 24.1. The maximum atomic E-state index is 13.1. The summed E-state index contributed by atoms with van der Waals surface area (Å²) < 4.78 is 1.82. The number of aromatic nitrogens is 3. The molecule has 0 radical (unpaired) electrons. The molecule has 34 heavy (non-hydrogen) atoms. The molecule has 4 rings (SSSR count). The van der Waals surface area contributed by atoms with E-state index in [0.717, 1.165) is 35.2 Å². The summed E-state index contributed by atoms with van der Waals surface area (Å²) in [5.74, 6) is 0.632. The van der Waals surface area contributed by atoms with Crippen molar-refractivity contribution in [1.82, 2.24) is 14.8 Å². The summed E-state index contributed by atoms with van der Waals surface area (Å²) in [4.78, 5) is 20.0. The van der Waals surface area contributed by atoms with Gasteiger partial charge in [-0.05, 0) is 31.0 Å². The van der Waals surface area contributed by atoms with E-state index >= 15 is 0 Å². The molecule has 0 atom stereocenters. The van der Waals surface area contributed by atoms with Gasteiger partial charge < -0.3 is 4.90 Å². The summed E-state index contributed by atoms with van der Waals surface area (Å²) in [5, 5.41) is 5.89. The minimum Gasteiger partial charge on any atom is -0.371 e. The first-order valence-electron chi connectivity index (χ1n) is 12.0. The standard InChI is InChI=1S/C28H31BrN4O/c1-32(19-13-5-3-2-4-12-18-29)26-20-24-25(21-27(26)34)33(23-16-10-7-11-17-23)31-28(30-24)22-14-8-6-9-15-22/h6-11,14-17,20-21H,2-5,12-13,18-19H2,1H3. The van der Waals surface area contributed by atoms with Gasteiger partial charge >= 0.3 is 0 Å². The summed E-state index contributed by atoms with van der Waals surface area (Å²) in [7, 11) is 2.00. The molecule has 0 bridgehead atoms. The predicted octanol–water partition coefficient (Wildman–Crippen LogP) is 6.57. The third-order valence-electron chi connectivity index (χ3n) is 6.03. The number of fused-ring (bicyclic) bond motifs is 1. The van der Waals surface area contributed by atoms with E-state index in [2.05, 4.69) is 20.8 Å². The lowest BCUT2D eigenvalue weighted by Gasteiger charge is -2.21. The third kappa shape index (κ3) is 5.92. The van der Waals surface area contributed by atoms with Crippen molar-refractivity contribution in [3.63, 3.8) is 0 Å². The second kappa shape index (κ2) is 11.9. The molecule has 2 aromatic carbocycles. The molecule has 0 N–H and O–H groups in total. The Morgan fingerprint density at radius 2 is 1.50 bits per heavy atom. The van der Waals surface area contributed by atoms with E-state index in [9.17, 15) is 4.79 Å². The number of unbranched alkanes of at least 4 members (excludes halogenated alkanes) is 5. The zero-order chi connectivity index (χ0) is 23.8. The van der Waals surface area contributed by atoms with E-state index in [1.165, 1.54) is 32.1 Å². The average Bonchev–Trinajstić information content (AvgIpc) is 2.88. The molecule has 0 aromatic heterocycles. The molecule has 2 aliphatic rings. The molecule has 6 heteroatoms. The van der Waals surface area contributed by atoms with E-state index in [1.807, 2.05) is 78.5 Å². The van der Waals surface area contributed by atoms with Crippen molar-refractivity contribution in [1.29, 1.82) is 0 Å². The zero-order valence-corrected chi connectivity index (χ0v) is 21.2. The zero-order valence-electron chi connectivity index (χ0n) is 19.7. The van der Waals surface area contributed by atoms with Gasteiger partial charge in [-0.3, -0.25) is 4.79 Å². The van der Waals surface area contributed by atoms with Crippen LogP contribution in [0.25, 0.3) is 28.5 Å². The van der Waals surface area contributed by atoms with Crippen LogP contribution in [0.2, 0.25) is 0 Å². The highest BCUT2D eigenvalue weighted by Crippen LogP contribution is 2.27. The first-order valence-corrected chi connectivity index (χ1v) is 13.1. The van der Waals surface area contributed by atoms with Gasteiger partial charge in [-0.15, -0.1) is 5.10 Å². The summed E-state index contributed by atoms with van der Waals surface area (Å²) in [6, 6.07) is 23.4. The predicted molar refractivity (Wildman–Crippen MR) is 144 cm³/mol. The number of halogens is 1. The van der Waals surface area contributed by atoms with Crippen LogP contribution < -0.4 is 10.3 Å². The molecule has 0 saturated carbocycles. The Bertz CT molecular complexity index is 1210. The lowest BCUT2D eigenvalue weighted by Crippen LogP contribution is -2.25. The first-order chi connectivity index (χ1) is 16.7. The van der Waals surface area contributed by atoms with Crippen LogP contribution in [-0.4, -0.2) is 33.7 Å². The van der Waals surface area contributed by atoms with Gasteiger partial charge in [0, 0.05) is 30.6 Å². The summed E-state index contributed by atoms with van der Waals surface area (Å²) >= 11 is 3.49. The molecular weight excluding hydrogens is 488 g/mol. The van der Waals surface area contributed by atoms with Crippen LogP contribution in [0.1, 0.15) is 38.5 Å². The van der Waals surface area contributed by atoms with E-state index < -0.39 is 0 Å². The van der Waals surface area contributed by atoms with Gasteiger partial charge in [0.1, 0.15) is 0 Å². The van der Waals surface area contributed by atoms with Crippen LogP contribution in [0.3, 0.4) is 0 Å². The SMILES string of the molecule is CN(CCCCCCCCBr)c1cc2nc(-c3ccccc3)nn(-c3ccccc3)c-2cc1=O. The number of rotatable bonds is 11. The Balaban J connectivity index is 1.64. The van der Waals surface area contributed by atoms with Gasteiger partial charge in [0.15, 0.2) is 5.82 Å². The van der Waals surface area contributed by atoms with E-state index in [0.29, 0.717) is 17.2 Å². The monoisotopic (exact) mass is 518 g/mol. The number of alkyl halides is 1. The summed E-state index contributed by atoms with van der Waals surface area (Å²) in [5.41, 5.74) is 3.98. The van der Waals surface area contributed by atoms with Gasteiger partial charge in [0.25, 0.3) is 0 Å². The number of nitrogens with zero attached hydrogens (tertiary/aromatic N) is 4. The maximum Gasteiger partial charge on any atom is 0.204 e. The van der Waals surface area contributed by atoms with Crippen molar-refractivity contribution in [3.8, 4) is 28.5 Å². The molecule has 1 aliphatic carbocycles. The van der Waals surface area contributed by atoms with Crippen molar-refractivity contribution < 1.29 is 0 Å². The van der Waals surface area contributed by atoms with E-state index in [1.54, 1.807) is 6.07 Å². The fraction of sp³-hybridized carbons (Fsp3) is 0.321. The smallest absolute Gasteiger partial charge is 0.204 e. The summed E-state index contributed by atoms with van der Waals surface area (Å²) in [6.45, 7) is 0.856. The number of para-hydroxylation sites is 1. The minimum absolute atomic E-state index is 0.00642. The van der Waals surface area contributed by atoms with Crippen LogP contribution in [-0.2, 0) is 0 Å². The lowest BCUT2D eigenvalue weighted by atomic mass is 10.1. The average molecular weight is 519 g/mol. The van der Waals surface area contributed by atoms with Crippen molar-refractivity contribution in [3.05, 3.63) is 83.0 Å². The third-order valence-corrected chi connectivity index (χ3v) is 6.59. The topological polar surface area (TPSA) is 51.0 Å². The fourth-order valence-corrected chi connectivity index (χ4v) is 4.53. The molecule has 176 valence electrons. The Morgan fingerprint density at radius 1 is 0.853 bits per heavy atom. The number of hydrogen-bond acceptors (Lipinski definition) is 4. The fourth-order valence-electron chi connectivity index (χ4n) is 4.14. The molecule has 0 amide bonds. The normalized spacial score (nSPS) is 11.1. The highest BCUT2D eigenvalue weighted by atomic mass is 79.9. The Hall–Kier alpha value is -2.99. The molecule has 5 nitrogen and oxygen atoms in total. The van der Waals surface area contributed by atoms with Crippen LogP contribution in [0.5, 0.6) is 0 Å². The van der Waals surface area contributed by atoms with Gasteiger partial charge in [-0.2, -0.15) is 0 Å². The molecule has 1 aliphatic heterocycles. The number of anilines is 1. The molecule has 0 unspecified atom stereocenters. The number of hydrogen-bond donors (Lipinski definition) is 0. The largest absolute Gasteiger partial charge is 0.371 e. The van der Waals surface area contributed by atoms with E-state index in [4.69, 9.17) is 10.1 Å². The number of benzene rings is 3. The second-order valence-corrected chi connectivity index (χ2v) is 9.38. The van der Waals surface area contributed by atoms with Crippen LogP contribution in [0.15, 0.2) is 77.6 Å². The van der Waals surface area contributed by atoms with Crippen molar-refractivity contribution in [2.45, 2.75) is 38.5 Å². The second-order valence-electron chi connectivity index (χ2n) is 8.59. The molecule has 1 heterocycles. The molecular formula is C28H31BrN4O. The lowest BCUT2D eigenvalue weighted by molar-refractivity contribution is 0.608. The quantitative estimate of drug-likeness (QED) is 0.166.